The van der Waals surface area contributed by atoms with Crippen LogP contribution in [0.4, 0.5) is 10.5 Å². The van der Waals surface area contributed by atoms with Gasteiger partial charge in [0.25, 0.3) is 0 Å². The van der Waals surface area contributed by atoms with Crippen LogP contribution in [0, 0.1) is 11.8 Å². The van der Waals surface area contributed by atoms with Crippen molar-refractivity contribution in [3.05, 3.63) is 28.8 Å². The lowest BCUT2D eigenvalue weighted by Crippen LogP contribution is -2.46. The molecule has 1 aromatic rings. The van der Waals surface area contributed by atoms with Crippen molar-refractivity contribution in [2.75, 3.05) is 12.4 Å². The van der Waals surface area contributed by atoms with Crippen LogP contribution in [0.25, 0.3) is 0 Å². The molecule has 33 heavy (non-hydrogen) atoms. The molecule has 0 radical (unpaired) electrons. The summed E-state index contributed by atoms with van der Waals surface area (Å²) in [6.45, 7) is 5.07. The van der Waals surface area contributed by atoms with E-state index in [1.54, 1.807) is 32.9 Å². The van der Waals surface area contributed by atoms with Gasteiger partial charge in [0.2, 0.25) is 11.8 Å². The number of hydrogen-bond acceptors (Lipinski definition) is 6. The summed E-state index contributed by atoms with van der Waals surface area (Å²) in [5.74, 6) is 4.40. The van der Waals surface area contributed by atoms with E-state index in [0.29, 0.717) is 29.1 Å². The van der Waals surface area contributed by atoms with E-state index in [2.05, 4.69) is 27.2 Å². The maximum atomic E-state index is 12.8. The number of alkyl carbamates (subject to hydrolysis) is 1. The van der Waals surface area contributed by atoms with Crippen molar-refractivity contribution in [3.8, 4) is 11.8 Å². The topological polar surface area (TPSA) is 137 Å². The van der Waals surface area contributed by atoms with Gasteiger partial charge in [-0.05, 0) is 51.8 Å². The molecular weight excluding hydrogens is 450 g/mol. The zero-order valence-corrected chi connectivity index (χ0v) is 20.0. The third kappa shape index (κ3) is 12.4. The quantitative estimate of drug-likeness (QED) is 0.282. The highest BCUT2D eigenvalue weighted by Gasteiger charge is 2.25. The number of primary amides is 1. The first kappa shape index (κ1) is 27.8. The Morgan fingerprint density at radius 1 is 1.15 bits per heavy atom. The van der Waals surface area contributed by atoms with Crippen molar-refractivity contribution < 1.29 is 28.7 Å². The molecule has 10 heteroatoms. The second-order valence-corrected chi connectivity index (χ2v) is 8.59. The van der Waals surface area contributed by atoms with Gasteiger partial charge in [-0.1, -0.05) is 23.4 Å². The van der Waals surface area contributed by atoms with Gasteiger partial charge in [-0.2, -0.15) is 0 Å². The lowest BCUT2D eigenvalue weighted by molar-refractivity contribution is -0.140. The first-order valence-corrected chi connectivity index (χ1v) is 10.7. The van der Waals surface area contributed by atoms with Gasteiger partial charge < -0.3 is 25.8 Å². The van der Waals surface area contributed by atoms with Gasteiger partial charge in [-0.15, -0.1) is 0 Å². The Hall–Kier alpha value is -3.25. The number of nitrogens with one attached hydrogen (secondary N) is 2. The smallest absolute Gasteiger partial charge is 0.408 e. The summed E-state index contributed by atoms with van der Waals surface area (Å²) in [6.07, 6.45) is 0.413. The lowest BCUT2D eigenvalue weighted by Gasteiger charge is -2.23. The minimum absolute atomic E-state index is 0.00612. The van der Waals surface area contributed by atoms with Gasteiger partial charge in [0.15, 0.2) is 0 Å². The van der Waals surface area contributed by atoms with E-state index in [0.717, 1.165) is 0 Å². The molecule has 1 unspecified atom stereocenters. The maximum Gasteiger partial charge on any atom is 0.408 e. The number of nitrogens with two attached hydrogens (primary N) is 1. The summed E-state index contributed by atoms with van der Waals surface area (Å²) < 4.78 is 9.76. The van der Waals surface area contributed by atoms with Crippen LogP contribution in [0.3, 0.4) is 0 Å². The SMILES string of the molecule is COC(=O)CCCC#Cc1cc(Cl)cc(NC(=O)C(CCC(N)=O)NC(=O)OC(C)(C)C)c1. The number of ether oxygens (including phenoxy) is 2. The molecule has 1 atom stereocenters. The van der Waals surface area contributed by atoms with Crippen molar-refractivity contribution in [2.24, 2.45) is 5.73 Å². The average Bonchev–Trinajstić information content (AvgIpc) is 2.68. The summed E-state index contributed by atoms with van der Waals surface area (Å²) in [4.78, 5) is 47.2. The molecule has 0 aromatic heterocycles. The third-order valence-electron chi connectivity index (χ3n) is 4.00. The number of benzene rings is 1. The lowest BCUT2D eigenvalue weighted by atomic mass is 10.1. The van der Waals surface area contributed by atoms with Gasteiger partial charge >= 0.3 is 12.1 Å². The number of rotatable bonds is 9. The maximum absolute atomic E-state index is 12.8. The number of halogens is 1. The molecule has 0 saturated heterocycles. The largest absolute Gasteiger partial charge is 0.469 e. The van der Waals surface area contributed by atoms with Crippen molar-refractivity contribution >= 4 is 41.2 Å². The van der Waals surface area contributed by atoms with Crippen LogP contribution in [0.1, 0.15) is 58.4 Å². The fourth-order valence-electron chi connectivity index (χ4n) is 2.56. The monoisotopic (exact) mass is 479 g/mol. The third-order valence-corrected chi connectivity index (χ3v) is 4.21. The number of hydrogen-bond donors (Lipinski definition) is 3. The molecule has 0 aliphatic carbocycles. The summed E-state index contributed by atoms with van der Waals surface area (Å²) in [5.41, 5.74) is 5.35. The van der Waals surface area contributed by atoms with E-state index < -0.39 is 29.6 Å². The highest BCUT2D eigenvalue weighted by Crippen LogP contribution is 2.19. The Morgan fingerprint density at radius 2 is 1.85 bits per heavy atom. The van der Waals surface area contributed by atoms with Gasteiger partial charge in [0, 0.05) is 35.5 Å². The van der Waals surface area contributed by atoms with Gasteiger partial charge in [0.1, 0.15) is 11.6 Å². The number of amides is 3. The Bertz CT molecular complexity index is 930. The van der Waals surface area contributed by atoms with Crippen molar-refractivity contribution in [1.82, 2.24) is 5.32 Å². The number of esters is 1. The highest BCUT2D eigenvalue weighted by molar-refractivity contribution is 6.31. The van der Waals surface area contributed by atoms with Crippen molar-refractivity contribution in [2.45, 2.75) is 64.5 Å². The van der Waals surface area contributed by atoms with Crippen LogP contribution in [0.2, 0.25) is 5.02 Å². The molecule has 0 spiro atoms. The van der Waals surface area contributed by atoms with Crippen LogP contribution in [0.15, 0.2) is 18.2 Å². The van der Waals surface area contributed by atoms with Crippen LogP contribution in [-0.4, -0.2) is 42.6 Å². The van der Waals surface area contributed by atoms with Crippen LogP contribution < -0.4 is 16.4 Å². The zero-order chi connectivity index (χ0) is 25.0. The fourth-order valence-corrected chi connectivity index (χ4v) is 2.79. The number of carbonyl (C=O) groups is 4. The summed E-state index contributed by atoms with van der Waals surface area (Å²) in [7, 11) is 1.33. The number of carbonyl (C=O) groups excluding carboxylic acids is 4. The van der Waals surface area contributed by atoms with E-state index in [9.17, 15) is 19.2 Å². The molecule has 0 aliphatic heterocycles. The molecule has 1 rings (SSSR count). The zero-order valence-electron chi connectivity index (χ0n) is 19.2. The van der Waals surface area contributed by atoms with Crippen LogP contribution >= 0.6 is 11.6 Å². The predicted molar refractivity (Wildman–Crippen MR) is 124 cm³/mol. The van der Waals surface area contributed by atoms with Crippen LogP contribution in [0.5, 0.6) is 0 Å². The van der Waals surface area contributed by atoms with E-state index in [4.69, 9.17) is 22.1 Å². The van der Waals surface area contributed by atoms with Crippen molar-refractivity contribution in [3.63, 3.8) is 0 Å². The Morgan fingerprint density at radius 3 is 2.45 bits per heavy atom. The number of unbranched alkanes of at least 4 members (excludes halogenated alkanes) is 1. The molecule has 1 aromatic carbocycles. The summed E-state index contributed by atoms with van der Waals surface area (Å²) in [6, 6.07) is 3.73. The second-order valence-electron chi connectivity index (χ2n) is 8.15. The first-order valence-electron chi connectivity index (χ1n) is 10.3. The van der Waals surface area contributed by atoms with E-state index in [1.165, 1.54) is 13.2 Å². The molecule has 0 fully saturated rings. The molecule has 3 amide bonds. The Labute approximate surface area is 198 Å². The summed E-state index contributed by atoms with van der Waals surface area (Å²) >= 11 is 6.14. The minimum Gasteiger partial charge on any atom is -0.469 e. The van der Waals surface area contributed by atoms with Gasteiger partial charge in [0.05, 0.1) is 7.11 Å². The Kier molecular flexibility index (Phi) is 11.2. The fraction of sp³-hybridized carbons (Fsp3) is 0.478. The summed E-state index contributed by atoms with van der Waals surface area (Å²) in [5, 5.41) is 5.47. The van der Waals surface area contributed by atoms with Crippen molar-refractivity contribution in [1.29, 1.82) is 0 Å². The van der Waals surface area contributed by atoms with E-state index in [1.807, 2.05) is 0 Å². The molecule has 0 saturated carbocycles. The molecule has 0 aliphatic rings. The normalized spacial score (nSPS) is 11.4. The minimum atomic E-state index is -1.06. The standard InChI is InChI=1S/C23H30ClN3O6/c1-23(2,3)33-22(31)27-18(10-11-19(25)28)21(30)26-17-13-15(12-16(24)14-17)8-6-5-7-9-20(29)32-4/h12-14,18H,5,7,9-11H2,1-4H3,(H2,25,28)(H,26,30)(H,27,31). The molecule has 0 bridgehead atoms. The van der Waals surface area contributed by atoms with Gasteiger partial charge in [-0.25, -0.2) is 4.79 Å². The second kappa shape index (κ2) is 13.3. The molecular formula is C23H30ClN3O6. The first-order chi connectivity index (χ1) is 15.4. The van der Waals surface area contributed by atoms with Crippen LogP contribution in [-0.2, 0) is 23.9 Å². The molecule has 4 N–H and O–H groups in total. The Balaban J connectivity index is 2.88. The molecule has 180 valence electrons. The number of methoxy groups -OCH3 is 1. The average molecular weight is 480 g/mol. The number of anilines is 1. The van der Waals surface area contributed by atoms with E-state index in [-0.39, 0.29) is 25.2 Å². The van der Waals surface area contributed by atoms with E-state index >= 15 is 0 Å². The molecule has 0 heterocycles. The highest BCUT2D eigenvalue weighted by atomic mass is 35.5. The molecule has 9 nitrogen and oxygen atoms in total. The predicted octanol–water partition coefficient (Wildman–Crippen LogP) is 3.13. The van der Waals surface area contributed by atoms with Gasteiger partial charge in [-0.3, -0.25) is 14.4 Å².